The number of carbonyl (C=O) groups excluding carboxylic acids is 1. The summed E-state index contributed by atoms with van der Waals surface area (Å²) in [5.41, 5.74) is 9.54. The van der Waals surface area contributed by atoms with Crippen molar-refractivity contribution in [1.82, 2.24) is 0 Å². The van der Waals surface area contributed by atoms with Gasteiger partial charge in [0.2, 0.25) is 5.91 Å². The minimum Gasteiger partial charge on any atom is -0.369 e. The van der Waals surface area contributed by atoms with Crippen molar-refractivity contribution in [3.8, 4) is 0 Å². The average molecular weight is 342 g/mol. The zero-order valence-electron chi connectivity index (χ0n) is 15.7. The molecule has 0 aromatic rings. The quantitative estimate of drug-likeness (QED) is 0.653. The molecule has 138 valence electrons. The predicted octanol–water partition coefficient (Wildman–Crippen LogP) is 5.22. The number of hydrogen-bond acceptors (Lipinski definition) is 1. The number of carbonyl (C=O) groups is 1. The molecular weight excluding hydrogens is 306 g/mol. The molecular formula is C23H35NO. The molecule has 3 saturated carbocycles. The van der Waals surface area contributed by atoms with Crippen LogP contribution in [0.15, 0.2) is 11.1 Å². The van der Waals surface area contributed by atoms with Crippen LogP contribution in [0, 0.1) is 41.4 Å². The van der Waals surface area contributed by atoms with Crippen molar-refractivity contribution < 1.29 is 4.79 Å². The Hall–Kier alpha value is -0.790. The lowest BCUT2D eigenvalue weighted by molar-refractivity contribution is -0.124. The van der Waals surface area contributed by atoms with E-state index in [1.807, 2.05) is 11.1 Å². The van der Waals surface area contributed by atoms with Gasteiger partial charge in [-0.2, -0.15) is 0 Å². The Labute approximate surface area is 153 Å². The van der Waals surface area contributed by atoms with E-state index in [0.29, 0.717) is 0 Å². The van der Waals surface area contributed by atoms with Crippen LogP contribution in [0.2, 0.25) is 0 Å². The van der Waals surface area contributed by atoms with E-state index in [1.165, 1.54) is 70.6 Å². The Bertz CT molecular complexity index is 579. The summed E-state index contributed by atoms with van der Waals surface area (Å²) < 4.78 is 0. The second-order valence-electron chi connectivity index (χ2n) is 9.96. The van der Waals surface area contributed by atoms with Gasteiger partial charge < -0.3 is 5.73 Å². The van der Waals surface area contributed by atoms with Gasteiger partial charge in [0.15, 0.2) is 0 Å². The van der Waals surface area contributed by atoms with E-state index in [0.717, 1.165) is 48.3 Å². The van der Waals surface area contributed by atoms with Gasteiger partial charge in [0.25, 0.3) is 0 Å². The third kappa shape index (κ3) is 2.70. The lowest BCUT2D eigenvalue weighted by Crippen LogP contribution is -2.44. The van der Waals surface area contributed by atoms with Crippen LogP contribution in [0.4, 0.5) is 0 Å². The largest absolute Gasteiger partial charge is 0.369 e. The van der Waals surface area contributed by atoms with Crippen molar-refractivity contribution in [2.75, 3.05) is 0 Å². The molecule has 0 radical (unpaired) electrons. The Kier molecular flexibility index (Phi) is 4.21. The monoisotopic (exact) mass is 341 g/mol. The number of nitrogens with two attached hydrogens (primary N) is 1. The molecule has 5 rings (SSSR count). The van der Waals surface area contributed by atoms with Crippen LogP contribution >= 0.6 is 0 Å². The van der Waals surface area contributed by atoms with Crippen molar-refractivity contribution >= 4 is 5.91 Å². The highest BCUT2D eigenvalue weighted by molar-refractivity contribution is 5.76. The van der Waals surface area contributed by atoms with Crippen LogP contribution in [-0.4, -0.2) is 5.91 Å². The fraction of sp³-hybridized carbons (Fsp3) is 0.870. The summed E-state index contributed by atoms with van der Waals surface area (Å²) in [5.74, 6) is 5.68. The molecule has 7 unspecified atom stereocenters. The lowest BCUT2D eigenvalue weighted by Gasteiger charge is -2.53. The van der Waals surface area contributed by atoms with Gasteiger partial charge in [0, 0.05) is 5.92 Å². The third-order valence-corrected chi connectivity index (χ3v) is 9.11. The predicted molar refractivity (Wildman–Crippen MR) is 101 cm³/mol. The Morgan fingerprint density at radius 2 is 1.52 bits per heavy atom. The number of allylic oxidation sites excluding steroid dienone is 2. The molecule has 2 N–H and O–H groups in total. The maximum Gasteiger partial charge on any atom is 0.220 e. The highest BCUT2D eigenvalue weighted by Gasteiger charge is 2.47. The molecule has 7 atom stereocenters. The maximum atomic E-state index is 11.6. The fourth-order valence-corrected chi connectivity index (χ4v) is 8.04. The SMILES string of the molecule is NC(=O)C1CCC2C(CCC3C4=C(CCC32)C2CCCCC2CC4)C1. The number of rotatable bonds is 1. The van der Waals surface area contributed by atoms with Crippen molar-refractivity contribution in [3.05, 3.63) is 11.1 Å². The zero-order valence-corrected chi connectivity index (χ0v) is 15.7. The van der Waals surface area contributed by atoms with Crippen LogP contribution < -0.4 is 5.73 Å². The van der Waals surface area contributed by atoms with E-state index in [-0.39, 0.29) is 11.8 Å². The number of fused-ring (bicyclic) bond motifs is 6. The highest BCUT2D eigenvalue weighted by atomic mass is 16.1. The van der Waals surface area contributed by atoms with Gasteiger partial charge in [-0.05, 0) is 106 Å². The average Bonchev–Trinajstić information content (AvgIpc) is 2.66. The van der Waals surface area contributed by atoms with Gasteiger partial charge >= 0.3 is 0 Å². The number of amides is 1. The second-order valence-corrected chi connectivity index (χ2v) is 9.96. The van der Waals surface area contributed by atoms with Crippen molar-refractivity contribution in [2.24, 2.45) is 47.2 Å². The topological polar surface area (TPSA) is 43.1 Å². The number of hydrogen-bond donors (Lipinski definition) is 1. The minimum atomic E-state index is -0.0372. The fourth-order valence-electron chi connectivity index (χ4n) is 8.04. The molecule has 2 nitrogen and oxygen atoms in total. The molecule has 25 heavy (non-hydrogen) atoms. The van der Waals surface area contributed by atoms with Gasteiger partial charge in [-0.15, -0.1) is 0 Å². The van der Waals surface area contributed by atoms with E-state index in [2.05, 4.69) is 0 Å². The van der Waals surface area contributed by atoms with Crippen LogP contribution in [0.25, 0.3) is 0 Å². The van der Waals surface area contributed by atoms with Crippen molar-refractivity contribution in [3.63, 3.8) is 0 Å². The molecule has 3 fully saturated rings. The Morgan fingerprint density at radius 1 is 0.720 bits per heavy atom. The second kappa shape index (κ2) is 6.43. The summed E-state index contributed by atoms with van der Waals surface area (Å²) in [4.78, 5) is 11.6. The molecule has 0 bridgehead atoms. The van der Waals surface area contributed by atoms with E-state index < -0.39 is 0 Å². The lowest BCUT2D eigenvalue weighted by atomic mass is 9.52. The van der Waals surface area contributed by atoms with Gasteiger partial charge in [-0.1, -0.05) is 24.0 Å². The molecule has 0 aromatic heterocycles. The molecule has 5 aliphatic rings. The molecule has 1 amide bonds. The van der Waals surface area contributed by atoms with Gasteiger partial charge in [-0.3, -0.25) is 4.79 Å². The van der Waals surface area contributed by atoms with Gasteiger partial charge in [0.05, 0.1) is 0 Å². The first-order chi connectivity index (χ1) is 12.2. The van der Waals surface area contributed by atoms with E-state index >= 15 is 0 Å². The highest BCUT2D eigenvalue weighted by Crippen LogP contribution is 2.58. The van der Waals surface area contributed by atoms with Crippen LogP contribution in [0.1, 0.15) is 83.5 Å². The van der Waals surface area contributed by atoms with Crippen LogP contribution in [-0.2, 0) is 4.79 Å². The standard InChI is InChI=1S/C23H35NO/c24-23(25)16-7-8-18-15(13-16)6-10-22-20(18)12-11-19-17-4-2-1-3-14(17)5-9-21(19)22/h14-18,20,22H,1-13H2,(H2,24,25). The minimum absolute atomic E-state index is 0.0372. The van der Waals surface area contributed by atoms with E-state index in [9.17, 15) is 4.79 Å². The van der Waals surface area contributed by atoms with Gasteiger partial charge in [0.1, 0.15) is 0 Å². The van der Waals surface area contributed by atoms with Gasteiger partial charge in [-0.25, -0.2) is 0 Å². The summed E-state index contributed by atoms with van der Waals surface area (Å²) in [7, 11) is 0. The summed E-state index contributed by atoms with van der Waals surface area (Å²) in [6, 6.07) is 0. The molecule has 0 spiro atoms. The first-order valence-corrected chi connectivity index (χ1v) is 11.2. The van der Waals surface area contributed by atoms with Crippen LogP contribution in [0.5, 0.6) is 0 Å². The maximum absolute atomic E-state index is 11.6. The zero-order chi connectivity index (χ0) is 17.0. The third-order valence-electron chi connectivity index (χ3n) is 9.11. The molecule has 0 saturated heterocycles. The molecule has 5 aliphatic carbocycles. The Balaban J connectivity index is 1.37. The van der Waals surface area contributed by atoms with Crippen LogP contribution in [0.3, 0.4) is 0 Å². The summed E-state index contributed by atoms with van der Waals surface area (Å²) in [5, 5.41) is 0. The summed E-state index contributed by atoms with van der Waals surface area (Å²) in [6.45, 7) is 0. The summed E-state index contributed by atoms with van der Waals surface area (Å²) in [6.07, 6.45) is 18.0. The molecule has 0 aromatic carbocycles. The number of primary amides is 1. The molecule has 2 heteroatoms. The van der Waals surface area contributed by atoms with E-state index in [4.69, 9.17) is 5.73 Å². The first-order valence-electron chi connectivity index (χ1n) is 11.2. The first kappa shape index (κ1) is 16.4. The molecule has 0 aliphatic heterocycles. The Morgan fingerprint density at radius 3 is 2.40 bits per heavy atom. The van der Waals surface area contributed by atoms with E-state index in [1.54, 1.807) is 0 Å². The smallest absolute Gasteiger partial charge is 0.220 e. The normalized spacial score (nSPS) is 46.5. The van der Waals surface area contributed by atoms with Crippen molar-refractivity contribution in [2.45, 2.75) is 83.5 Å². The summed E-state index contributed by atoms with van der Waals surface area (Å²) >= 11 is 0. The molecule has 0 heterocycles. The van der Waals surface area contributed by atoms with Crippen molar-refractivity contribution in [1.29, 1.82) is 0 Å².